The lowest BCUT2D eigenvalue weighted by atomic mass is 9.92. The molecule has 0 aliphatic carbocycles. The molecule has 2 nitrogen and oxygen atoms in total. The van der Waals surface area contributed by atoms with Crippen molar-refractivity contribution in [3.05, 3.63) is 77.9 Å². The molecule has 0 amide bonds. The first kappa shape index (κ1) is 13.9. The standard InChI is InChI=1S/C21H18O2/c1-14-11-16-8-7-15-5-3-4-6-20(15)21(16)23-13-17-12-18(22-2)9-10-19(14)17/h3-10,12H,1,11,13H2,2H3. The van der Waals surface area contributed by atoms with Gasteiger partial charge in [0.2, 0.25) is 0 Å². The molecule has 3 aromatic rings. The Kier molecular flexibility index (Phi) is 3.30. The quantitative estimate of drug-likeness (QED) is 0.630. The first-order chi connectivity index (χ1) is 11.3. The van der Waals surface area contributed by atoms with Crippen LogP contribution in [0.1, 0.15) is 16.7 Å². The molecular formula is C21H18O2. The van der Waals surface area contributed by atoms with E-state index in [0.717, 1.165) is 40.0 Å². The van der Waals surface area contributed by atoms with Crippen molar-refractivity contribution >= 4 is 16.3 Å². The fourth-order valence-corrected chi connectivity index (χ4v) is 3.23. The topological polar surface area (TPSA) is 18.5 Å². The number of methoxy groups -OCH3 is 1. The van der Waals surface area contributed by atoms with E-state index in [1.54, 1.807) is 7.11 Å². The molecule has 0 aromatic heterocycles. The van der Waals surface area contributed by atoms with Gasteiger partial charge < -0.3 is 9.47 Å². The molecule has 0 fully saturated rings. The Balaban J connectivity index is 1.85. The van der Waals surface area contributed by atoms with Crippen LogP contribution in [0, 0.1) is 0 Å². The Hall–Kier alpha value is -2.74. The number of fused-ring (bicyclic) bond motifs is 4. The van der Waals surface area contributed by atoms with Crippen molar-refractivity contribution < 1.29 is 9.47 Å². The van der Waals surface area contributed by atoms with Crippen molar-refractivity contribution in [1.29, 1.82) is 0 Å². The predicted octanol–water partition coefficient (Wildman–Crippen LogP) is 5.00. The smallest absolute Gasteiger partial charge is 0.131 e. The zero-order valence-electron chi connectivity index (χ0n) is 13.1. The molecule has 0 atom stereocenters. The lowest BCUT2D eigenvalue weighted by molar-refractivity contribution is 0.305. The molecule has 1 aliphatic heterocycles. The summed E-state index contributed by atoms with van der Waals surface area (Å²) in [5, 5.41) is 2.35. The van der Waals surface area contributed by atoms with Crippen molar-refractivity contribution in [2.24, 2.45) is 0 Å². The van der Waals surface area contributed by atoms with Crippen LogP contribution in [0.4, 0.5) is 0 Å². The van der Waals surface area contributed by atoms with E-state index in [9.17, 15) is 0 Å². The lowest BCUT2D eigenvalue weighted by Gasteiger charge is -2.21. The fraction of sp³-hybridized carbons (Fsp3) is 0.143. The van der Waals surface area contributed by atoms with Crippen LogP contribution in [0.25, 0.3) is 16.3 Å². The number of allylic oxidation sites excluding steroid dienone is 1. The number of hydrogen-bond donors (Lipinski definition) is 0. The fourth-order valence-electron chi connectivity index (χ4n) is 3.23. The first-order valence-corrected chi connectivity index (χ1v) is 7.75. The van der Waals surface area contributed by atoms with E-state index >= 15 is 0 Å². The van der Waals surface area contributed by atoms with Crippen LogP contribution in [0.2, 0.25) is 0 Å². The molecule has 0 spiro atoms. The third kappa shape index (κ3) is 2.36. The number of rotatable bonds is 1. The minimum absolute atomic E-state index is 0.520. The lowest BCUT2D eigenvalue weighted by Crippen LogP contribution is -2.07. The summed E-state index contributed by atoms with van der Waals surface area (Å²) in [6.07, 6.45) is 0.791. The third-order valence-corrected chi connectivity index (χ3v) is 4.43. The molecule has 0 N–H and O–H groups in total. The number of benzene rings is 3. The van der Waals surface area contributed by atoms with Gasteiger partial charge in [-0.15, -0.1) is 0 Å². The summed E-state index contributed by atoms with van der Waals surface area (Å²) in [4.78, 5) is 0. The van der Waals surface area contributed by atoms with Gasteiger partial charge in [0.1, 0.15) is 18.1 Å². The van der Waals surface area contributed by atoms with Crippen LogP contribution in [-0.4, -0.2) is 7.11 Å². The molecule has 1 heterocycles. The van der Waals surface area contributed by atoms with Crippen LogP contribution in [-0.2, 0) is 13.0 Å². The highest BCUT2D eigenvalue weighted by Gasteiger charge is 2.17. The normalized spacial score (nSPS) is 13.5. The van der Waals surface area contributed by atoms with Crippen molar-refractivity contribution in [3.8, 4) is 11.5 Å². The Morgan fingerprint density at radius 3 is 2.74 bits per heavy atom. The molecule has 0 saturated heterocycles. The Labute approximate surface area is 136 Å². The van der Waals surface area contributed by atoms with Gasteiger partial charge in [-0.2, -0.15) is 0 Å². The predicted molar refractivity (Wildman–Crippen MR) is 94.0 cm³/mol. The molecule has 3 aromatic carbocycles. The maximum Gasteiger partial charge on any atom is 0.131 e. The summed E-state index contributed by atoms with van der Waals surface area (Å²) in [5.41, 5.74) is 4.58. The summed E-state index contributed by atoms with van der Waals surface area (Å²) in [7, 11) is 1.68. The first-order valence-electron chi connectivity index (χ1n) is 7.75. The van der Waals surface area contributed by atoms with Gasteiger partial charge in [-0.25, -0.2) is 0 Å². The summed E-state index contributed by atoms with van der Waals surface area (Å²) >= 11 is 0. The third-order valence-electron chi connectivity index (χ3n) is 4.43. The van der Waals surface area contributed by atoms with Gasteiger partial charge >= 0.3 is 0 Å². The van der Waals surface area contributed by atoms with E-state index in [2.05, 4.69) is 49.0 Å². The molecule has 4 rings (SSSR count). The van der Waals surface area contributed by atoms with E-state index in [-0.39, 0.29) is 0 Å². The summed E-state index contributed by atoms with van der Waals surface area (Å²) in [6, 6.07) is 18.7. The molecule has 0 unspecified atom stereocenters. The van der Waals surface area contributed by atoms with Gasteiger partial charge in [-0.1, -0.05) is 49.0 Å². The SMILES string of the molecule is C=C1Cc2ccc3ccccc3c2OCc2cc(OC)ccc21. The van der Waals surface area contributed by atoms with Crippen molar-refractivity contribution in [2.45, 2.75) is 13.0 Å². The van der Waals surface area contributed by atoms with Gasteiger partial charge in [0.25, 0.3) is 0 Å². The molecule has 0 radical (unpaired) electrons. The largest absolute Gasteiger partial charge is 0.497 e. The van der Waals surface area contributed by atoms with Gasteiger partial charge in [-0.3, -0.25) is 0 Å². The second kappa shape index (κ2) is 5.47. The Morgan fingerprint density at radius 1 is 1.00 bits per heavy atom. The number of hydrogen-bond acceptors (Lipinski definition) is 2. The van der Waals surface area contributed by atoms with Crippen LogP contribution >= 0.6 is 0 Å². The van der Waals surface area contributed by atoms with E-state index < -0.39 is 0 Å². The van der Waals surface area contributed by atoms with Crippen LogP contribution < -0.4 is 9.47 Å². The monoisotopic (exact) mass is 302 g/mol. The second-order valence-electron chi connectivity index (χ2n) is 5.87. The highest BCUT2D eigenvalue weighted by atomic mass is 16.5. The van der Waals surface area contributed by atoms with E-state index in [1.807, 2.05) is 12.1 Å². The van der Waals surface area contributed by atoms with E-state index in [1.165, 1.54) is 10.9 Å². The van der Waals surface area contributed by atoms with Gasteiger partial charge in [0.05, 0.1) is 7.11 Å². The maximum atomic E-state index is 6.22. The van der Waals surface area contributed by atoms with Crippen molar-refractivity contribution in [1.82, 2.24) is 0 Å². The molecule has 0 bridgehead atoms. The zero-order valence-corrected chi connectivity index (χ0v) is 13.1. The molecule has 1 aliphatic rings. The minimum Gasteiger partial charge on any atom is -0.497 e. The molecule has 23 heavy (non-hydrogen) atoms. The minimum atomic E-state index is 0.520. The average Bonchev–Trinajstić information content (AvgIpc) is 2.58. The summed E-state index contributed by atoms with van der Waals surface area (Å²) < 4.78 is 11.6. The van der Waals surface area contributed by atoms with Crippen LogP contribution in [0.5, 0.6) is 11.5 Å². The van der Waals surface area contributed by atoms with Crippen molar-refractivity contribution in [2.75, 3.05) is 7.11 Å². The van der Waals surface area contributed by atoms with Crippen LogP contribution in [0.15, 0.2) is 61.2 Å². The molecule has 0 saturated carbocycles. The summed E-state index contributed by atoms with van der Waals surface area (Å²) in [6.45, 7) is 4.82. The highest BCUT2D eigenvalue weighted by Crippen LogP contribution is 2.37. The van der Waals surface area contributed by atoms with E-state index in [4.69, 9.17) is 9.47 Å². The van der Waals surface area contributed by atoms with Crippen LogP contribution in [0.3, 0.4) is 0 Å². The molecular weight excluding hydrogens is 284 g/mol. The maximum absolute atomic E-state index is 6.22. The van der Waals surface area contributed by atoms with Gasteiger partial charge in [-0.05, 0) is 34.2 Å². The van der Waals surface area contributed by atoms with E-state index in [0.29, 0.717) is 6.61 Å². The summed E-state index contributed by atoms with van der Waals surface area (Å²) in [5.74, 6) is 1.82. The Bertz CT molecular complexity index is 909. The van der Waals surface area contributed by atoms with Gasteiger partial charge in [0, 0.05) is 17.4 Å². The molecule has 114 valence electrons. The Morgan fingerprint density at radius 2 is 1.87 bits per heavy atom. The average molecular weight is 302 g/mol. The van der Waals surface area contributed by atoms with Gasteiger partial charge in [0.15, 0.2) is 0 Å². The number of ether oxygens (including phenoxy) is 2. The zero-order chi connectivity index (χ0) is 15.8. The van der Waals surface area contributed by atoms with Crippen molar-refractivity contribution in [3.63, 3.8) is 0 Å². The molecule has 2 heteroatoms. The highest BCUT2D eigenvalue weighted by molar-refractivity contribution is 5.90. The second-order valence-corrected chi connectivity index (χ2v) is 5.87.